The lowest BCUT2D eigenvalue weighted by Gasteiger charge is -2.27. The average molecular weight is 250 g/mol. The van der Waals surface area contributed by atoms with Crippen LogP contribution in [0.1, 0.15) is 37.6 Å². The van der Waals surface area contributed by atoms with E-state index in [0.717, 1.165) is 6.42 Å². The van der Waals surface area contributed by atoms with Crippen molar-refractivity contribution >= 4 is 11.6 Å². The van der Waals surface area contributed by atoms with Gasteiger partial charge < -0.3 is 15.4 Å². The van der Waals surface area contributed by atoms with E-state index in [1.165, 1.54) is 0 Å². The van der Waals surface area contributed by atoms with Crippen molar-refractivity contribution in [1.29, 1.82) is 0 Å². The molecule has 0 heterocycles. The van der Waals surface area contributed by atoms with Gasteiger partial charge >= 0.3 is 0 Å². The fourth-order valence-electron chi connectivity index (χ4n) is 1.91. The van der Waals surface area contributed by atoms with E-state index >= 15 is 0 Å². The molecular formula is C14H22N2O2. The Bertz CT molecular complexity index is 418. The van der Waals surface area contributed by atoms with E-state index in [2.05, 4.69) is 6.92 Å². The number of benzene rings is 1. The first-order valence-electron chi connectivity index (χ1n) is 6.29. The lowest BCUT2D eigenvalue weighted by atomic mass is 10.1. The Labute approximate surface area is 109 Å². The van der Waals surface area contributed by atoms with Gasteiger partial charge in [0.2, 0.25) is 0 Å². The first kappa shape index (κ1) is 14.4. The topological polar surface area (TPSA) is 55.6 Å². The van der Waals surface area contributed by atoms with Gasteiger partial charge in [0.1, 0.15) is 5.75 Å². The second-order valence-corrected chi connectivity index (χ2v) is 4.31. The zero-order chi connectivity index (χ0) is 13.7. The number of anilines is 1. The van der Waals surface area contributed by atoms with E-state index in [-0.39, 0.29) is 11.9 Å². The molecule has 2 N–H and O–H groups in total. The standard InChI is InChI=1S/C14H22N2O2/c1-5-10(3)16(6-2)14(17)11-7-8-13(18-4)12(15)9-11/h7-10H,5-6,15H2,1-4H3. The molecule has 1 aromatic rings. The minimum absolute atomic E-state index is 0.0150. The summed E-state index contributed by atoms with van der Waals surface area (Å²) >= 11 is 0. The van der Waals surface area contributed by atoms with Crippen molar-refractivity contribution in [3.63, 3.8) is 0 Å². The summed E-state index contributed by atoms with van der Waals surface area (Å²) in [4.78, 5) is 14.2. The summed E-state index contributed by atoms with van der Waals surface area (Å²) in [6.45, 7) is 6.80. The van der Waals surface area contributed by atoms with Gasteiger partial charge in [-0.1, -0.05) is 6.92 Å². The molecule has 100 valence electrons. The van der Waals surface area contributed by atoms with Crippen molar-refractivity contribution in [2.24, 2.45) is 0 Å². The van der Waals surface area contributed by atoms with E-state index in [9.17, 15) is 4.79 Å². The Hall–Kier alpha value is -1.71. The van der Waals surface area contributed by atoms with Crippen LogP contribution < -0.4 is 10.5 Å². The molecule has 1 amide bonds. The number of nitrogen functional groups attached to an aromatic ring is 1. The van der Waals surface area contributed by atoms with Crippen molar-refractivity contribution in [3.05, 3.63) is 23.8 Å². The molecule has 1 atom stereocenters. The zero-order valence-electron chi connectivity index (χ0n) is 11.6. The molecule has 0 fully saturated rings. The maximum absolute atomic E-state index is 12.4. The average Bonchev–Trinajstić information content (AvgIpc) is 2.38. The Balaban J connectivity index is 2.99. The van der Waals surface area contributed by atoms with Crippen LogP contribution in [-0.4, -0.2) is 30.5 Å². The summed E-state index contributed by atoms with van der Waals surface area (Å²) in [5, 5.41) is 0. The molecule has 4 nitrogen and oxygen atoms in total. The quantitative estimate of drug-likeness (QED) is 0.817. The minimum atomic E-state index is 0.0150. The van der Waals surface area contributed by atoms with Crippen LogP contribution in [0, 0.1) is 0 Å². The van der Waals surface area contributed by atoms with E-state index in [1.54, 1.807) is 25.3 Å². The van der Waals surface area contributed by atoms with Gasteiger partial charge in [-0.15, -0.1) is 0 Å². The van der Waals surface area contributed by atoms with Crippen molar-refractivity contribution in [3.8, 4) is 5.75 Å². The van der Waals surface area contributed by atoms with Crippen molar-refractivity contribution in [2.75, 3.05) is 19.4 Å². The number of amides is 1. The molecule has 0 aliphatic carbocycles. The SMILES string of the molecule is CCC(C)N(CC)C(=O)c1ccc(OC)c(N)c1. The Morgan fingerprint density at radius 3 is 2.56 bits per heavy atom. The smallest absolute Gasteiger partial charge is 0.254 e. The van der Waals surface area contributed by atoms with Crippen LogP contribution >= 0.6 is 0 Å². The van der Waals surface area contributed by atoms with Gasteiger partial charge in [0.25, 0.3) is 5.91 Å². The lowest BCUT2D eigenvalue weighted by Crippen LogP contribution is -2.38. The molecule has 0 bridgehead atoms. The second kappa shape index (κ2) is 6.28. The maximum atomic E-state index is 12.4. The summed E-state index contributed by atoms with van der Waals surface area (Å²) in [5.74, 6) is 0.611. The molecule has 0 spiro atoms. The number of hydrogen-bond donors (Lipinski definition) is 1. The van der Waals surface area contributed by atoms with Gasteiger partial charge in [0.15, 0.2) is 0 Å². The molecule has 4 heteroatoms. The van der Waals surface area contributed by atoms with Gasteiger partial charge in [-0.25, -0.2) is 0 Å². The highest BCUT2D eigenvalue weighted by Crippen LogP contribution is 2.23. The number of nitrogens with two attached hydrogens (primary N) is 1. The molecule has 1 unspecified atom stereocenters. The van der Waals surface area contributed by atoms with Crippen LogP contribution in [0.15, 0.2) is 18.2 Å². The van der Waals surface area contributed by atoms with Gasteiger partial charge in [0, 0.05) is 18.2 Å². The highest BCUT2D eigenvalue weighted by Gasteiger charge is 2.19. The zero-order valence-corrected chi connectivity index (χ0v) is 11.6. The fourth-order valence-corrected chi connectivity index (χ4v) is 1.91. The third-order valence-corrected chi connectivity index (χ3v) is 3.20. The van der Waals surface area contributed by atoms with E-state index in [0.29, 0.717) is 23.5 Å². The summed E-state index contributed by atoms with van der Waals surface area (Å²) in [6.07, 6.45) is 0.936. The number of nitrogens with zero attached hydrogens (tertiary/aromatic N) is 1. The van der Waals surface area contributed by atoms with Crippen molar-refractivity contribution in [2.45, 2.75) is 33.2 Å². The van der Waals surface area contributed by atoms with E-state index < -0.39 is 0 Å². The van der Waals surface area contributed by atoms with Crippen LogP contribution in [0.2, 0.25) is 0 Å². The fraction of sp³-hybridized carbons (Fsp3) is 0.500. The molecule has 18 heavy (non-hydrogen) atoms. The Morgan fingerprint density at radius 2 is 2.11 bits per heavy atom. The first-order chi connectivity index (χ1) is 8.54. The molecule has 0 saturated carbocycles. The molecule has 0 saturated heterocycles. The van der Waals surface area contributed by atoms with Crippen LogP contribution in [0.3, 0.4) is 0 Å². The third-order valence-electron chi connectivity index (χ3n) is 3.20. The predicted molar refractivity (Wildman–Crippen MR) is 73.9 cm³/mol. The molecule has 0 aliphatic rings. The number of ether oxygens (including phenoxy) is 1. The molecule has 0 radical (unpaired) electrons. The van der Waals surface area contributed by atoms with Gasteiger partial charge in [-0.3, -0.25) is 4.79 Å². The van der Waals surface area contributed by atoms with E-state index in [1.807, 2.05) is 18.7 Å². The lowest BCUT2D eigenvalue weighted by molar-refractivity contribution is 0.0700. The monoisotopic (exact) mass is 250 g/mol. The third kappa shape index (κ3) is 2.94. The second-order valence-electron chi connectivity index (χ2n) is 4.31. The Morgan fingerprint density at radius 1 is 1.44 bits per heavy atom. The Kier molecular flexibility index (Phi) is 5.01. The predicted octanol–water partition coefficient (Wildman–Crippen LogP) is 2.54. The van der Waals surface area contributed by atoms with Crippen molar-refractivity contribution in [1.82, 2.24) is 4.90 Å². The van der Waals surface area contributed by atoms with Crippen molar-refractivity contribution < 1.29 is 9.53 Å². The highest BCUT2D eigenvalue weighted by molar-refractivity contribution is 5.95. The normalized spacial score (nSPS) is 12.0. The summed E-state index contributed by atoms with van der Waals surface area (Å²) in [7, 11) is 1.56. The summed E-state index contributed by atoms with van der Waals surface area (Å²) in [6, 6.07) is 5.38. The number of methoxy groups -OCH3 is 1. The number of rotatable bonds is 5. The summed E-state index contributed by atoms with van der Waals surface area (Å²) < 4.78 is 5.09. The molecular weight excluding hydrogens is 228 g/mol. The van der Waals surface area contributed by atoms with Crippen LogP contribution in [-0.2, 0) is 0 Å². The summed E-state index contributed by atoms with van der Waals surface area (Å²) in [5.41, 5.74) is 6.92. The van der Waals surface area contributed by atoms with Crippen LogP contribution in [0.4, 0.5) is 5.69 Å². The van der Waals surface area contributed by atoms with Crippen LogP contribution in [0.5, 0.6) is 5.75 Å². The van der Waals surface area contributed by atoms with Gasteiger partial charge in [-0.2, -0.15) is 0 Å². The van der Waals surface area contributed by atoms with Gasteiger partial charge in [0.05, 0.1) is 12.8 Å². The molecule has 1 rings (SSSR count). The number of carbonyl (C=O) groups is 1. The molecule has 0 aliphatic heterocycles. The maximum Gasteiger partial charge on any atom is 0.254 e. The highest BCUT2D eigenvalue weighted by atomic mass is 16.5. The van der Waals surface area contributed by atoms with E-state index in [4.69, 9.17) is 10.5 Å². The van der Waals surface area contributed by atoms with Crippen LogP contribution in [0.25, 0.3) is 0 Å². The molecule has 0 aromatic heterocycles. The van der Waals surface area contributed by atoms with Gasteiger partial charge in [-0.05, 0) is 38.5 Å². The molecule has 1 aromatic carbocycles. The largest absolute Gasteiger partial charge is 0.495 e. The first-order valence-corrected chi connectivity index (χ1v) is 6.29. The number of hydrogen-bond acceptors (Lipinski definition) is 3. The number of carbonyl (C=O) groups excluding carboxylic acids is 1. The minimum Gasteiger partial charge on any atom is -0.495 e.